The number of ether oxygens (including phenoxy) is 3. The first-order valence-electron chi connectivity index (χ1n) is 12.0. The van der Waals surface area contributed by atoms with Crippen LogP contribution in [0.3, 0.4) is 0 Å². The molecule has 4 heterocycles. The standard InChI is InChI=1S/C28H22FN5O4/c1-34-26(11-17-3-5-18(29)6-4-17)31-15-21(28(34)35)22-8-7-19(14-30-22)38-27-20-12-24-25(37-10-2-9-36-24)13-23(20)32-16-33-27/h3-8,12-16H,2,9-11H2,1H3. The molecular weight excluding hydrogens is 489 g/mol. The Kier molecular flexibility index (Phi) is 6.12. The summed E-state index contributed by atoms with van der Waals surface area (Å²) < 4.78 is 32.2. The van der Waals surface area contributed by atoms with Crippen LogP contribution in [0.1, 0.15) is 17.8 Å². The number of nitrogens with zero attached hydrogens (tertiary/aromatic N) is 5. The van der Waals surface area contributed by atoms with Crippen molar-refractivity contribution in [3.05, 3.63) is 94.8 Å². The largest absolute Gasteiger partial charge is 0.490 e. The number of halogens is 1. The third kappa shape index (κ3) is 4.63. The van der Waals surface area contributed by atoms with Gasteiger partial charge in [0.1, 0.15) is 23.7 Å². The van der Waals surface area contributed by atoms with Crippen LogP contribution < -0.4 is 19.8 Å². The smallest absolute Gasteiger partial charge is 0.262 e. The Morgan fingerprint density at radius 2 is 1.74 bits per heavy atom. The molecule has 0 saturated heterocycles. The lowest BCUT2D eigenvalue weighted by Crippen LogP contribution is -2.24. The van der Waals surface area contributed by atoms with Crippen LogP contribution >= 0.6 is 0 Å². The van der Waals surface area contributed by atoms with E-state index < -0.39 is 0 Å². The minimum absolute atomic E-state index is 0.233. The Hall–Kier alpha value is -4.86. The van der Waals surface area contributed by atoms with Crippen molar-refractivity contribution in [2.75, 3.05) is 13.2 Å². The summed E-state index contributed by atoms with van der Waals surface area (Å²) >= 11 is 0. The maximum atomic E-state index is 13.2. The predicted molar refractivity (Wildman–Crippen MR) is 137 cm³/mol. The van der Waals surface area contributed by atoms with Gasteiger partial charge in [0, 0.05) is 32.2 Å². The SMILES string of the molecule is Cn1c(Cc2ccc(F)cc2)ncc(-c2ccc(Oc3ncnc4cc5c(cc34)OCCCO5)cn2)c1=O. The van der Waals surface area contributed by atoms with Crippen molar-refractivity contribution in [1.29, 1.82) is 0 Å². The van der Waals surface area contributed by atoms with Crippen molar-refractivity contribution in [2.45, 2.75) is 12.8 Å². The molecule has 5 aromatic rings. The van der Waals surface area contributed by atoms with Gasteiger partial charge in [-0.3, -0.25) is 14.3 Å². The van der Waals surface area contributed by atoms with E-state index in [1.807, 2.05) is 12.1 Å². The van der Waals surface area contributed by atoms with Gasteiger partial charge in [-0.05, 0) is 35.9 Å². The summed E-state index contributed by atoms with van der Waals surface area (Å²) in [5.41, 5.74) is 2.10. The third-order valence-electron chi connectivity index (χ3n) is 6.24. The minimum atomic E-state index is -0.310. The van der Waals surface area contributed by atoms with E-state index in [0.717, 1.165) is 12.0 Å². The molecule has 0 bridgehead atoms. The fourth-order valence-corrected chi connectivity index (χ4v) is 4.19. The van der Waals surface area contributed by atoms with Crippen LogP contribution in [0.15, 0.2) is 72.0 Å². The summed E-state index contributed by atoms with van der Waals surface area (Å²) in [4.78, 5) is 30.6. The quantitative estimate of drug-likeness (QED) is 0.341. The van der Waals surface area contributed by atoms with Gasteiger partial charge in [-0.1, -0.05) is 12.1 Å². The highest BCUT2D eigenvalue weighted by Crippen LogP contribution is 2.37. The van der Waals surface area contributed by atoms with Crippen molar-refractivity contribution in [1.82, 2.24) is 24.5 Å². The molecule has 0 amide bonds. The van der Waals surface area contributed by atoms with E-state index in [1.54, 1.807) is 31.3 Å². The molecule has 0 unspecified atom stereocenters. The monoisotopic (exact) mass is 511 g/mol. The van der Waals surface area contributed by atoms with Crippen LogP contribution in [-0.2, 0) is 13.5 Å². The van der Waals surface area contributed by atoms with Crippen LogP contribution in [0.2, 0.25) is 0 Å². The molecule has 3 aromatic heterocycles. The van der Waals surface area contributed by atoms with Crippen molar-refractivity contribution in [2.24, 2.45) is 7.05 Å². The first-order valence-corrected chi connectivity index (χ1v) is 12.0. The summed E-state index contributed by atoms with van der Waals surface area (Å²) in [6, 6.07) is 13.2. The summed E-state index contributed by atoms with van der Waals surface area (Å²) in [7, 11) is 1.66. The van der Waals surface area contributed by atoms with Crippen molar-refractivity contribution < 1.29 is 18.6 Å². The van der Waals surface area contributed by atoms with Crippen molar-refractivity contribution in [3.63, 3.8) is 0 Å². The van der Waals surface area contributed by atoms with Gasteiger partial charge in [-0.25, -0.2) is 19.3 Å². The number of hydrogen-bond acceptors (Lipinski definition) is 8. The van der Waals surface area contributed by atoms with E-state index in [-0.39, 0.29) is 11.4 Å². The average Bonchev–Trinajstić information content (AvgIpc) is 3.17. The Balaban J connectivity index is 1.24. The molecule has 1 aliphatic rings. The lowest BCUT2D eigenvalue weighted by atomic mass is 10.1. The second kappa shape index (κ2) is 9.89. The second-order valence-corrected chi connectivity index (χ2v) is 8.78. The number of hydrogen-bond donors (Lipinski definition) is 0. The highest BCUT2D eigenvalue weighted by molar-refractivity contribution is 5.87. The number of benzene rings is 2. The molecule has 0 atom stereocenters. The highest BCUT2D eigenvalue weighted by atomic mass is 19.1. The van der Waals surface area contributed by atoms with E-state index in [4.69, 9.17) is 14.2 Å². The molecule has 2 aromatic carbocycles. The van der Waals surface area contributed by atoms with E-state index in [9.17, 15) is 9.18 Å². The van der Waals surface area contributed by atoms with Crippen LogP contribution in [0.25, 0.3) is 22.2 Å². The van der Waals surface area contributed by atoms with Crippen LogP contribution in [-0.4, -0.2) is 37.7 Å². The zero-order chi connectivity index (χ0) is 26.1. The number of rotatable bonds is 5. The fourth-order valence-electron chi connectivity index (χ4n) is 4.19. The fraction of sp³-hybridized carbons (Fsp3) is 0.179. The molecular formula is C28H22FN5O4. The van der Waals surface area contributed by atoms with E-state index in [0.29, 0.717) is 70.7 Å². The number of aromatic nitrogens is 5. The molecule has 0 saturated carbocycles. The first kappa shape index (κ1) is 23.5. The first-order chi connectivity index (χ1) is 18.5. The zero-order valence-corrected chi connectivity index (χ0v) is 20.4. The third-order valence-corrected chi connectivity index (χ3v) is 6.24. The molecule has 0 radical (unpaired) electrons. The molecule has 10 heteroatoms. The summed E-state index contributed by atoms with van der Waals surface area (Å²) in [6.45, 7) is 1.15. The molecule has 0 N–H and O–H groups in total. The molecule has 9 nitrogen and oxygen atoms in total. The Morgan fingerprint density at radius 3 is 2.50 bits per heavy atom. The molecule has 1 aliphatic heterocycles. The Morgan fingerprint density at radius 1 is 0.947 bits per heavy atom. The van der Waals surface area contributed by atoms with Crippen LogP contribution in [0, 0.1) is 5.82 Å². The van der Waals surface area contributed by atoms with Gasteiger partial charge in [-0.15, -0.1) is 0 Å². The maximum absolute atomic E-state index is 13.2. The lowest BCUT2D eigenvalue weighted by molar-refractivity contribution is 0.297. The van der Waals surface area contributed by atoms with Gasteiger partial charge >= 0.3 is 0 Å². The van der Waals surface area contributed by atoms with Gasteiger partial charge < -0.3 is 14.2 Å². The minimum Gasteiger partial charge on any atom is -0.490 e. The molecule has 0 fully saturated rings. The van der Waals surface area contributed by atoms with Gasteiger partial charge in [0.2, 0.25) is 5.88 Å². The van der Waals surface area contributed by atoms with Crippen LogP contribution in [0.5, 0.6) is 23.1 Å². The summed E-state index contributed by atoms with van der Waals surface area (Å²) in [5.74, 6) is 2.31. The Labute approximate surface area is 216 Å². The molecule has 0 aliphatic carbocycles. The topological polar surface area (TPSA) is 101 Å². The van der Waals surface area contributed by atoms with Crippen molar-refractivity contribution >= 4 is 10.9 Å². The van der Waals surface area contributed by atoms with Crippen molar-refractivity contribution in [3.8, 4) is 34.4 Å². The lowest BCUT2D eigenvalue weighted by Gasteiger charge is -2.12. The van der Waals surface area contributed by atoms with Gasteiger partial charge in [0.15, 0.2) is 11.5 Å². The highest BCUT2D eigenvalue weighted by Gasteiger charge is 2.16. The van der Waals surface area contributed by atoms with Gasteiger partial charge in [-0.2, -0.15) is 0 Å². The van der Waals surface area contributed by atoms with E-state index >= 15 is 0 Å². The van der Waals surface area contributed by atoms with Gasteiger partial charge in [0.25, 0.3) is 5.56 Å². The maximum Gasteiger partial charge on any atom is 0.262 e. The van der Waals surface area contributed by atoms with E-state index in [1.165, 1.54) is 35.4 Å². The Bertz CT molecular complexity index is 1690. The number of pyridine rings is 1. The summed E-state index contributed by atoms with van der Waals surface area (Å²) in [5, 5.41) is 0.677. The molecule has 0 spiro atoms. The summed E-state index contributed by atoms with van der Waals surface area (Å²) in [6.07, 6.45) is 5.66. The van der Waals surface area contributed by atoms with E-state index in [2.05, 4.69) is 19.9 Å². The molecule has 190 valence electrons. The zero-order valence-electron chi connectivity index (χ0n) is 20.4. The van der Waals surface area contributed by atoms with Gasteiger partial charge in [0.05, 0.1) is 41.6 Å². The molecule has 38 heavy (non-hydrogen) atoms. The normalized spacial score (nSPS) is 12.8. The van der Waals surface area contributed by atoms with Crippen LogP contribution in [0.4, 0.5) is 4.39 Å². The number of fused-ring (bicyclic) bond motifs is 2. The molecule has 6 rings (SSSR count). The second-order valence-electron chi connectivity index (χ2n) is 8.78. The predicted octanol–water partition coefficient (Wildman–Crippen LogP) is 4.47. The average molecular weight is 512 g/mol.